The quantitative estimate of drug-likeness (QED) is 0.530. The average Bonchev–Trinajstić information content (AvgIpc) is 2.85. The monoisotopic (exact) mass is 443 g/mol. The number of ether oxygens (including phenoxy) is 2. The van der Waals surface area contributed by atoms with Crippen LogP contribution < -0.4 is 4.74 Å². The van der Waals surface area contributed by atoms with E-state index in [1.165, 1.54) is 13.0 Å². The van der Waals surface area contributed by atoms with Crippen molar-refractivity contribution in [2.75, 3.05) is 13.2 Å². The molecule has 1 fully saturated rings. The summed E-state index contributed by atoms with van der Waals surface area (Å²) in [5.41, 5.74) is 0.317. The molecule has 1 aromatic rings. The van der Waals surface area contributed by atoms with Crippen LogP contribution in [0.5, 0.6) is 11.5 Å². The zero-order valence-electron chi connectivity index (χ0n) is 14.4. The van der Waals surface area contributed by atoms with Crippen LogP contribution in [0.25, 0.3) is 6.08 Å². The number of phenols is 1. The standard InChI is InChI=1S/C17H18BrNO6S/c1-4-24-12-8-11(18)6-10(14(12)20)7-13-15(21)19(17(23)26-13)9(3)16(22)25-5-2/h6-9,20H,4-5H2,1-3H3/b13-7+/t9-/m0/s1. The maximum atomic E-state index is 12.6. The van der Waals surface area contributed by atoms with Crippen molar-refractivity contribution in [3.05, 3.63) is 27.1 Å². The van der Waals surface area contributed by atoms with Gasteiger partial charge in [0.1, 0.15) is 6.04 Å². The Bertz CT molecular complexity index is 779. The van der Waals surface area contributed by atoms with Crippen LogP contribution in [0.3, 0.4) is 0 Å². The van der Waals surface area contributed by atoms with Crippen LogP contribution in [0.15, 0.2) is 21.5 Å². The van der Waals surface area contributed by atoms with Crippen molar-refractivity contribution in [1.82, 2.24) is 4.90 Å². The zero-order chi connectivity index (χ0) is 19.4. The summed E-state index contributed by atoms with van der Waals surface area (Å²) in [5, 5.41) is 9.74. The lowest BCUT2D eigenvalue weighted by Crippen LogP contribution is -2.42. The van der Waals surface area contributed by atoms with Gasteiger partial charge in [0.05, 0.1) is 18.1 Å². The molecule has 1 aliphatic heterocycles. The van der Waals surface area contributed by atoms with Gasteiger partial charge in [0.15, 0.2) is 11.5 Å². The topological polar surface area (TPSA) is 93.1 Å². The molecule has 0 aliphatic carbocycles. The smallest absolute Gasteiger partial charge is 0.329 e. The summed E-state index contributed by atoms with van der Waals surface area (Å²) in [6, 6.07) is 2.18. The number of benzene rings is 1. The fourth-order valence-corrected chi connectivity index (χ4v) is 3.65. The number of nitrogens with zero attached hydrogens (tertiary/aromatic N) is 1. The minimum atomic E-state index is -1.02. The summed E-state index contributed by atoms with van der Waals surface area (Å²) in [6.45, 7) is 5.37. The molecule has 1 atom stereocenters. The van der Waals surface area contributed by atoms with Gasteiger partial charge in [-0.3, -0.25) is 14.5 Å². The van der Waals surface area contributed by atoms with Gasteiger partial charge in [0.2, 0.25) is 0 Å². The lowest BCUT2D eigenvalue weighted by atomic mass is 10.1. The van der Waals surface area contributed by atoms with Gasteiger partial charge in [-0.2, -0.15) is 0 Å². The van der Waals surface area contributed by atoms with Crippen molar-refractivity contribution >= 4 is 50.9 Å². The van der Waals surface area contributed by atoms with Gasteiger partial charge < -0.3 is 14.6 Å². The van der Waals surface area contributed by atoms with E-state index in [1.54, 1.807) is 26.0 Å². The molecule has 26 heavy (non-hydrogen) atoms. The first kappa shape index (κ1) is 20.3. The molecule has 0 aromatic heterocycles. The first-order valence-electron chi connectivity index (χ1n) is 7.89. The average molecular weight is 444 g/mol. The highest BCUT2D eigenvalue weighted by atomic mass is 79.9. The molecule has 0 saturated carbocycles. The summed E-state index contributed by atoms with van der Waals surface area (Å²) in [5.74, 6) is -1.15. The molecule has 2 rings (SSSR count). The number of imide groups is 1. The van der Waals surface area contributed by atoms with E-state index in [1.807, 2.05) is 0 Å². The Morgan fingerprint density at radius 3 is 2.65 bits per heavy atom. The molecule has 140 valence electrons. The minimum absolute atomic E-state index is 0.0991. The van der Waals surface area contributed by atoms with E-state index in [2.05, 4.69) is 15.9 Å². The molecule has 2 amide bonds. The Labute approximate surface area is 163 Å². The van der Waals surface area contributed by atoms with Gasteiger partial charge in [0, 0.05) is 10.0 Å². The molecule has 0 radical (unpaired) electrons. The van der Waals surface area contributed by atoms with E-state index in [-0.39, 0.29) is 23.0 Å². The van der Waals surface area contributed by atoms with Gasteiger partial charge in [0.25, 0.3) is 11.1 Å². The number of carbonyl (C=O) groups excluding carboxylic acids is 3. The van der Waals surface area contributed by atoms with Crippen LogP contribution in [0.4, 0.5) is 4.79 Å². The number of aromatic hydroxyl groups is 1. The van der Waals surface area contributed by atoms with E-state index in [9.17, 15) is 19.5 Å². The van der Waals surface area contributed by atoms with E-state index in [4.69, 9.17) is 9.47 Å². The predicted molar refractivity (Wildman–Crippen MR) is 101 cm³/mol. The highest BCUT2D eigenvalue weighted by Crippen LogP contribution is 2.39. The van der Waals surface area contributed by atoms with Crippen LogP contribution in [0.2, 0.25) is 0 Å². The number of esters is 1. The Hall–Kier alpha value is -2.00. The first-order valence-corrected chi connectivity index (χ1v) is 9.50. The molecule has 1 aliphatic rings. The van der Waals surface area contributed by atoms with Gasteiger partial charge in [-0.1, -0.05) is 15.9 Å². The number of amides is 2. The number of hydrogen-bond donors (Lipinski definition) is 1. The molecule has 1 aromatic carbocycles. The fraction of sp³-hybridized carbons (Fsp3) is 0.353. The van der Waals surface area contributed by atoms with Gasteiger partial charge in [-0.25, -0.2) is 4.79 Å². The Balaban J connectivity index is 2.35. The second-order valence-corrected chi connectivity index (χ2v) is 7.16. The van der Waals surface area contributed by atoms with Crippen LogP contribution in [-0.4, -0.2) is 46.4 Å². The van der Waals surface area contributed by atoms with Crippen LogP contribution >= 0.6 is 27.7 Å². The van der Waals surface area contributed by atoms with Gasteiger partial charge in [-0.15, -0.1) is 0 Å². The van der Waals surface area contributed by atoms with Crippen molar-refractivity contribution in [3.8, 4) is 11.5 Å². The highest BCUT2D eigenvalue weighted by Gasteiger charge is 2.41. The van der Waals surface area contributed by atoms with Crippen LogP contribution in [0.1, 0.15) is 26.3 Å². The maximum Gasteiger partial charge on any atom is 0.329 e. The van der Waals surface area contributed by atoms with Crippen molar-refractivity contribution in [2.24, 2.45) is 0 Å². The van der Waals surface area contributed by atoms with E-state index in [0.717, 1.165) is 4.90 Å². The van der Waals surface area contributed by atoms with Crippen LogP contribution in [-0.2, 0) is 14.3 Å². The van der Waals surface area contributed by atoms with Crippen LogP contribution in [0, 0.1) is 0 Å². The summed E-state index contributed by atoms with van der Waals surface area (Å²) in [6.07, 6.45) is 1.39. The molecule has 0 unspecified atom stereocenters. The number of rotatable bonds is 6. The van der Waals surface area contributed by atoms with Gasteiger partial charge >= 0.3 is 5.97 Å². The minimum Gasteiger partial charge on any atom is -0.504 e. The maximum absolute atomic E-state index is 12.6. The first-order chi connectivity index (χ1) is 12.3. The molecule has 1 heterocycles. The molecule has 7 nitrogen and oxygen atoms in total. The molecule has 0 bridgehead atoms. The summed E-state index contributed by atoms with van der Waals surface area (Å²) >= 11 is 4.01. The SMILES string of the molecule is CCOC(=O)[C@H](C)N1C(=O)S/C(=C/c2cc(Br)cc(OCC)c2O)C1=O. The van der Waals surface area contributed by atoms with Gasteiger partial charge in [-0.05, 0) is 50.7 Å². The van der Waals surface area contributed by atoms with Crippen molar-refractivity contribution in [3.63, 3.8) is 0 Å². The largest absolute Gasteiger partial charge is 0.504 e. The molecule has 1 saturated heterocycles. The normalized spacial score (nSPS) is 16.9. The second kappa shape index (κ2) is 8.59. The Morgan fingerprint density at radius 2 is 2.04 bits per heavy atom. The highest BCUT2D eigenvalue weighted by molar-refractivity contribution is 9.10. The van der Waals surface area contributed by atoms with E-state index in [0.29, 0.717) is 28.4 Å². The number of carbonyl (C=O) groups is 3. The second-order valence-electron chi connectivity index (χ2n) is 5.25. The molecule has 0 spiro atoms. The van der Waals surface area contributed by atoms with Crippen molar-refractivity contribution in [1.29, 1.82) is 0 Å². The zero-order valence-corrected chi connectivity index (χ0v) is 16.8. The summed E-state index contributed by atoms with van der Waals surface area (Å²) in [7, 11) is 0. The molecule has 1 N–H and O–H groups in total. The third kappa shape index (κ3) is 4.21. The van der Waals surface area contributed by atoms with Crippen molar-refractivity contribution in [2.45, 2.75) is 26.8 Å². The third-order valence-corrected chi connectivity index (χ3v) is 4.84. The number of halogens is 1. The molecular weight excluding hydrogens is 426 g/mol. The Kier molecular flexibility index (Phi) is 6.71. The number of hydrogen-bond acceptors (Lipinski definition) is 7. The third-order valence-electron chi connectivity index (χ3n) is 3.49. The Morgan fingerprint density at radius 1 is 1.35 bits per heavy atom. The molecular formula is C17H18BrNO6S. The van der Waals surface area contributed by atoms with Crippen molar-refractivity contribution < 1.29 is 29.0 Å². The number of phenolic OH excluding ortho intramolecular Hbond substituents is 1. The lowest BCUT2D eigenvalue weighted by Gasteiger charge is -2.19. The number of thioether (sulfide) groups is 1. The predicted octanol–water partition coefficient (Wildman–Crippen LogP) is 3.54. The van der Waals surface area contributed by atoms with E-state index < -0.39 is 23.2 Å². The van der Waals surface area contributed by atoms with E-state index >= 15 is 0 Å². The molecule has 9 heteroatoms. The summed E-state index contributed by atoms with van der Waals surface area (Å²) in [4.78, 5) is 37.5. The fourth-order valence-electron chi connectivity index (χ4n) is 2.29. The summed E-state index contributed by atoms with van der Waals surface area (Å²) < 4.78 is 10.9. The lowest BCUT2D eigenvalue weighted by molar-refractivity contribution is -0.150.